The zero-order chi connectivity index (χ0) is 20.3. The predicted octanol–water partition coefficient (Wildman–Crippen LogP) is 3.98. The number of fused-ring (bicyclic) bond motifs is 1. The van der Waals surface area contributed by atoms with Gasteiger partial charge in [-0.3, -0.25) is 14.3 Å². The number of ether oxygens (including phenoxy) is 2. The summed E-state index contributed by atoms with van der Waals surface area (Å²) in [4.78, 5) is 11.4. The number of rotatable bonds is 5. The van der Waals surface area contributed by atoms with E-state index < -0.39 is 0 Å². The molecule has 5 rings (SSSR count). The molecule has 0 radical (unpaired) electrons. The maximum atomic E-state index is 6.10. The normalized spacial score (nSPS) is 17.3. The second kappa shape index (κ2) is 8.26. The highest BCUT2D eigenvalue weighted by Crippen LogP contribution is 2.26. The topological polar surface area (TPSA) is 51.9 Å². The third-order valence-electron chi connectivity index (χ3n) is 5.53. The van der Waals surface area contributed by atoms with E-state index in [0.29, 0.717) is 6.61 Å². The van der Waals surface area contributed by atoms with Gasteiger partial charge in [-0.15, -0.1) is 0 Å². The molecule has 4 heterocycles. The van der Waals surface area contributed by atoms with E-state index in [1.54, 1.807) is 7.11 Å². The lowest BCUT2D eigenvalue weighted by atomic mass is 10.1. The van der Waals surface area contributed by atoms with E-state index in [0.717, 1.165) is 48.0 Å². The van der Waals surface area contributed by atoms with Crippen molar-refractivity contribution in [1.29, 1.82) is 0 Å². The average molecular weight is 400 g/mol. The van der Waals surface area contributed by atoms with Gasteiger partial charge in [-0.1, -0.05) is 18.2 Å². The highest BCUT2D eigenvalue weighted by molar-refractivity contribution is 5.63. The Morgan fingerprint density at radius 2 is 1.90 bits per heavy atom. The van der Waals surface area contributed by atoms with Crippen LogP contribution < -0.4 is 4.74 Å². The van der Waals surface area contributed by atoms with Crippen LogP contribution in [0.25, 0.3) is 16.9 Å². The van der Waals surface area contributed by atoms with Gasteiger partial charge < -0.3 is 9.47 Å². The summed E-state index contributed by atoms with van der Waals surface area (Å²) in [6.45, 7) is 3.32. The van der Waals surface area contributed by atoms with E-state index in [1.807, 2.05) is 48.8 Å². The van der Waals surface area contributed by atoms with Crippen molar-refractivity contribution in [3.63, 3.8) is 0 Å². The standard InChI is InChI=1S/C24H24N4O2/c1-29-20-7-5-18(6-8-20)15-27-13-14-30-23(17-27)21-16-28-22(3-2-4-24(28)26-21)19-9-11-25-12-10-19/h2-12,16,23H,13-15,17H2,1H3/t23-/m1/s1. The second-order valence-electron chi connectivity index (χ2n) is 7.48. The number of nitrogens with zero attached hydrogens (tertiary/aromatic N) is 4. The molecule has 1 aliphatic rings. The molecule has 1 saturated heterocycles. The zero-order valence-corrected chi connectivity index (χ0v) is 16.9. The third kappa shape index (κ3) is 3.79. The number of imidazole rings is 1. The molecule has 0 unspecified atom stereocenters. The van der Waals surface area contributed by atoms with E-state index in [4.69, 9.17) is 14.5 Å². The Morgan fingerprint density at radius 1 is 1.07 bits per heavy atom. The number of morpholine rings is 1. The molecule has 6 heteroatoms. The quantitative estimate of drug-likeness (QED) is 0.507. The van der Waals surface area contributed by atoms with Gasteiger partial charge in [0.1, 0.15) is 17.5 Å². The van der Waals surface area contributed by atoms with Crippen LogP contribution in [0.2, 0.25) is 0 Å². The van der Waals surface area contributed by atoms with Crippen molar-refractivity contribution in [1.82, 2.24) is 19.3 Å². The summed E-state index contributed by atoms with van der Waals surface area (Å²) in [5, 5.41) is 0. The fourth-order valence-corrected chi connectivity index (χ4v) is 3.96. The first-order valence-corrected chi connectivity index (χ1v) is 10.2. The Labute approximate surface area is 175 Å². The fourth-order valence-electron chi connectivity index (χ4n) is 3.96. The van der Waals surface area contributed by atoms with Crippen molar-refractivity contribution in [3.05, 3.63) is 84.4 Å². The van der Waals surface area contributed by atoms with E-state index in [1.165, 1.54) is 5.56 Å². The minimum absolute atomic E-state index is 0.0396. The van der Waals surface area contributed by atoms with Gasteiger partial charge in [0.2, 0.25) is 0 Å². The van der Waals surface area contributed by atoms with Crippen molar-refractivity contribution >= 4 is 5.65 Å². The average Bonchev–Trinajstić information content (AvgIpc) is 3.25. The molecule has 0 spiro atoms. The van der Waals surface area contributed by atoms with Crippen LogP contribution in [0, 0.1) is 0 Å². The second-order valence-corrected chi connectivity index (χ2v) is 7.48. The molecule has 0 aliphatic carbocycles. The summed E-state index contributed by atoms with van der Waals surface area (Å²) in [6, 6.07) is 18.5. The number of methoxy groups -OCH3 is 1. The number of pyridine rings is 2. The molecule has 0 amide bonds. The summed E-state index contributed by atoms with van der Waals surface area (Å²) in [6.07, 6.45) is 5.69. The maximum Gasteiger partial charge on any atom is 0.137 e. The molecule has 0 N–H and O–H groups in total. The van der Waals surface area contributed by atoms with Crippen LogP contribution in [0.15, 0.2) is 73.2 Å². The molecule has 1 atom stereocenters. The van der Waals surface area contributed by atoms with Gasteiger partial charge in [-0.25, -0.2) is 4.98 Å². The Morgan fingerprint density at radius 3 is 2.70 bits per heavy atom. The van der Waals surface area contributed by atoms with Crippen molar-refractivity contribution < 1.29 is 9.47 Å². The molecule has 4 aromatic rings. The third-order valence-corrected chi connectivity index (χ3v) is 5.53. The lowest BCUT2D eigenvalue weighted by molar-refractivity contribution is -0.0347. The minimum atomic E-state index is -0.0396. The Hall–Kier alpha value is -3.22. The van der Waals surface area contributed by atoms with Gasteiger partial charge in [-0.2, -0.15) is 0 Å². The van der Waals surface area contributed by atoms with Gasteiger partial charge in [-0.05, 0) is 42.0 Å². The van der Waals surface area contributed by atoms with E-state index in [-0.39, 0.29) is 6.10 Å². The fraction of sp³-hybridized carbons (Fsp3) is 0.250. The predicted molar refractivity (Wildman–Crippen MR) is 115 cm³/mol. The largest absolute Gasteiger partial charge is 0.497 e. The van der Waals surface area contributed by atoms with Gasteiger partial charge in [0.25, 0.3) is 0 Å². The van der Waals surface area contributed by atoms with Crippen LogP contribution in [0.1, 0.15) is 17.4 Å². The summed E-state index contributed by atoms with van der Waals surface area (Å²) in [5.41, 5.74) is 5.38. The Balaban J connectivity index is 1.37. The van der Waals surface area contributed by atoms with Crippen LogP contribution in [-0.4, -0.2) is 46.1 Å². The van der Waals surface area contributed by atoms with E-state index in [9.17, 15) is 0 Å². The van der Waals surface area contributed by atoms with Gasteiger partial charge in [0.05, 0.1) is 25.1 Å². The van der Waals surface area contributed by atoms with Crippen molar-refractivity contribution in [2.45, 2.75) is 12.6 Å². The number of benzene rings is 1. The molecule has 30 heavy (non-hydrogen) atoms. The molecular weight excluding hydrogens is 376 g/mol. The van der Waals surface area contributed by atoms with Gasteiger partial charge in [0.15, 0.2) is 0 Å². The highest BCUT2D eigenvalue weighted by Gasteiger charge is 2.24. The SMILES string of the molecule is COc1ccc(CN2CCO[C@@H](c3cn4c(-c5ccncc5)cccc4n3)C2)cc1. The smallest absolute Gasteiger partial charge is 0.137 e. The van der Waals surface area contributed by atoms with Crippen molar-refractivity contribution in [2.24, 2.45) is 0 Å². The van der Waals surface area contributed by atoms with Gasteiger partial charge in [0, 0.05) is 43.8 Å². The summed E-state index contributed by atoms with van der Waals surface area (Å²) < 4.78 is 13.5. The van der Waals surface area contributed by atoms with Gasteiger partial charge >= 0.3 is 0 Å². The summed E-state index contributed by atoms with van der Waals surface area (Å²) in [7, 11) is 1.69. The molecule has 1 fully saturated rings. The number of aromatic nitrogens is 3. The molecule has 1 aliphatic heterocycles. The van der Waals surface area contributed by atoms with Crippen LogP contribution in [0.3, 0.4) is 0 Å². The molecule has 1 aromatic carbocycles. The first kappa shape index (κ1) is 18.8. The van der Waals surface area contributed by atoms with Crippen LogP contribution in [0.5, 0.6) is 5.75 Å². The summed E-state index contributed by atoms with van der Waals surface area (Å²) in [5.74, 6) is 0.883. The van der Waals surface area contributed by atoms with E-state index >= 15 is 0 Å². The lowest BCUT2D eigenvalue weighted by Crippen LogP contribution is -2.37. The Kier molecular flexibility index (Phi) is 5.17. The molecule has 152 valence electrons. The number of hydrogen-bond acceptors (Lipinski definition) is 5. The number of hydrogen-bond donors (Lipinski definition) is 0. The maximum absolute atomic E-state index is 6.10. The van der Waals surface area contributed by atoms with Crippen LogP contribution in [0.4, 0.5) is 0 Å². The van der Waals surface area contributed by atoms with Crippen molar-refractivity contribution in [3.8, 4) is 17.0 Å². The summed E-state index contributed by atoms with van der Waals surface area (Å²) >= 11 is 0. The first-order valence-electron chi connectivity index (χ1n) is 10.2. The van der Waals surface area contributed by atoms with Crippen LogP contribution in [-0.2, 0) is 11.3 Å². The zero-order valence-electron chi connectivity index (χ0n) is 16.9. The first-order chi connectivity index (χ1) is 14.8. The molecule has 0 bridgehead atoms. The lowest BCUT2D eigenvalue weighted by Gasteiger charge is -2.32. The highest BCUT2D eigenvalue weighted by atomic mass is 16.5. The minimum Gasteiger partial charge on any atom is -0.497 e. The Bertz CT molecular complexity index is 1130. The molecule has 3 aromatic heterocycles. The van der Waals surface area contributed by atoms with Crippen LogP contribution >= 0.6 is 0 Å². The molecule has 0 saturated carbocycles. The molecule has 6 nitrogen and oxygen atoms in total. The van der Waals surface area contributed by atoms with E-state index in [2.05, 4.69) is 38.7 Å². The van der Waals surface area contributed by atoms with Crippen molar-refractivity contribution in [2.75, 3.05) is 26.8 Å². The monoisotopic (exact) mass is 400 g/mol. The molecular formula is C24H24N4O2.